The van der Waals surface area contributed by atoms with E-state index in [1.807, 2.05) is 76.9 Å². The molecule has 0 N–H and O–H groups in total. The Morgan fingerprint density at radius 3 is 2.62 bits per heavy atom. The first-order valence-electron chi connectivity index (χ1n) is 9.77. The normalized spacial score (nSPS) is 12.1. The molecule has 0 aliphatic heterocycles. The number of pyridine rings is 1. The van der Waals surface area contributed by atoms with Crippen molar-refractivity contribution in [3.05, 3.63) is 99.0 Å². The van der Waals surface area contributed by atoms with Crippen LogP contribution in [0.1, 0.15) is 5.56 Å². The van der Waals surface area contributed by atoms with Crippen LogP contribution in [0.4, 0.5) is 0 Å². The fourth-order valence-electron chi connectivity index (χ4n) is 3.40. The number of thiazole rings is 1. The first-order valence-corrected chi connectivity index (χ1v) is 11.5. The summed E-state index contributed by atoms with van der Waals surface area (Å²) in [4.78, 5) is 23.3. The summed E-state index contributed by atoms with van der Waals surface area (Å²) in [6.07, 6.45) is 7.19. The number of aromatic nitrogens is 6. The molecule has 0 spiro atoms. The first-order chi connectivity index (χ1) is 15.8. The van der Waals surface area contributed by atoms with Crippen LogP contribution >= 0.6 is 22.7 Å². The van der Waals surface area contributed by atoms with E-state index in [1.54, 1.807) is 23.7 Å². The maximum absolute atomic E-state index is 13.1. The molecule has 0 radical (unpaired) electrons. The van der Waals surface area contributed by atoms with Crippen LogP contribution in [0.25, 0.3) is 38.7 Å². The Morgan fingerprint density at radius 1 is 0.969 bits per heavy atom. The number of para-hydroxylation sites is 1. The molecule has 6 rings (SSSR count). The van der Waals surface area contributed by atoms with Gasteiger partial charge in [-0.25, -0.2) is 4.68 Å². The monoisotopic (exact) mass is 454 g/mol. The zero-order valence-electron chi connectivity index (χ0n) is 16.5. The van der Waals surface area contributed by atoms with Gasteiger partial charge in [0.2, 0.25) is 4.96 Å². The molecule has 6 aromatic rings. The molecule has 0 saturated carbocycles. The number of hydrogen-bond acceptors (Lipinski definition) is 7. The molecule has 1 aromatic carbocycles. The van der Waals surface area contributed by atoms with Gasteiger partial charge in [-0.05, 0) is 41.8 Å². The van der Waals surface area contributed by atoms with Crippen molar-refractivity contribution in [3.8, 4) is 27.6 Å². The minimum atomic E-state index is -0.197. The van der Waals surface area contributed by atoms with Crippen LogP contribution in [0.2, 0.25) is 0 Å². The second-order valence-electron chi connectivity index (χ2n) is 6.98. The molecular formula is C23H14N6OS2. The molecule has 0 unspecified atom stereocenters. The van der Waals surface area contributed by atoms with E-state index in [0.717, 1.165) is 27.4 Å². The molecule has 5 heterocycles. The third-order valence-corrected chi connectivity index (χ3v) is 6.74. The lowest BCUT2D eigenvalue weighted by atomic mass is 10.2. The smallest absolute Gasteiger partial charge is 0.266 e. The van der Waals surface area contributed by atoms with E-state index >= 15 is 0 Å². The van der Waals surface area contributed by atoms with Crippen LogP contribution in [0.3, 0.4) is 0 Å². The standard InChI is InChI=1S/C23H14N6OS2/c30-22-19(32-23-25-21(27-29(22)23)15-6-4-10-24-13-15)12-16-14-28(17-7-2-1-3-8-17)26-20(16)18-9-5-11-31-18/h1-14H/b19-12-. The maximum atomic E-state index is 13.1. The van der Waals surface area contributed by atoms with Gasteiger partial charge in [-0.1, -0.05) is 35.6 Å². The largest absolute Gasteiger partial charge is 0.291 e. The highest BCUT2D eigenvalue weighted by Crippen LogP contribution is 2.28. The highest BCUT2D eigenvalue weighted by atomic mass is 32.1. The zero-order valence-corrected chi connectivity index (χ0v) is 18.1. The Labute approximate surface area is 189 Å². The molecule has 154 valence electrons. The van der Waals surface area contributed by atoms with Crippen molar-refractivity contribution < 1.29 is 0 Å². The molecular weight excluding hydrogens is 440 g/mol. The highest BCUT2D eigenvalue weighted by molar-refractivity contribution is 7.15. The number of thiophene rings is 1. The summed E-state index contributed by atoms with van der Waals surface area (Å²) in [5.74, 6) is 0.490. The fourth-order valence-corrected chi connectivity index (χ4v) is 5.03. The summed E-state index contributed by atoms with van der Waals surface area (Å²) < 4.78 is 3.75. The summed E-state index contributed by atoms with van der Waals surface area (Å²) in [7, 11) is 0. The summed E-state index contributed by atoms with van der Waals surface area (Å²) in [5.41, 5.74) is 3.23. The minimum Gasteiger partial charge on any atom is -0.266 e. The lowest BCUT2D eigenvalue weighted by molar-refractivity contribution is 0.885. The fraction of sp³-hybridized carbons (Fsp3) is 0. The third-order valence-electron chi connectivity index (χ3n) is 4.91. The van der Waals surface area contributed by atoms with Gasteiger partial charge in [-0.3, -0.25) is 9.78 Å². The summed E-state index contributed by atoms with van der Waals surface area (Å²) in [6, 6.07) is 17.6. The Bertz CT molecular complexity index is 1630. The van der Waals surface area contributed by atoms with Crippen LogP contribution in [0.15, 0.2) is 83.4 Å². The Morgan fingerprint density at radius 2 is 1.88 bits per heavy atom. The molecule has 0 amide bonds. The van der Waals surface area contributed by atoms with Gasteiger partial charge < -0.3 is 0 Å². The summed E-state index contributed by atoms with van der Waals surface area (Å²) >= 11 is 2.93. The molecule has 0 bridgehead atoms. The lowest BCUT2D eigenvalue weighted by Crippen LogP contribution is -2.23. The van der Waals surface area contributed by atoms with Crippen LogP contribution < -0.4 is 10.1 Å². The lowest BCUT2D eigenvalue weighted by Gasteiger charge is -1.99. The second-order valence-corrected chi connectivity index (χ2v) is 8.93. The van der Waals surface area contributed by atoms with E-state index in [9.17, 15) is 4.79 Å². The first kappa shape index (κ1) is 18.8. The Hall–Kier alpha value is -3.95. The van der Waals surface area contributed by atoms with Crippen LogP contribution in [0.5, 0.6) is 0 Å². The molecule has 7 nitrogen and oxygen atoms in total. The molecule has 0 aliphatic rings. The predicted octanol–water partition coefficient (Wildman–Crippen LogP) is 3.67. The van der Waals surface area contributed by atoms with E-state index in [0.29, 0.717) is 15.3 Å². The molecule has 32 heavy (non-hydrogen) atoms. The van der Waals surface area contributed by atoms with Gasteiger partial charge in [-0.15, -0.1) is 16.4 Å². The van der Waals surface area contributed by atoms with Gasteiger partial charge in [0.05, 0.1) is 15.1 Å². The van der Waals surface area contributed by atoms with Crippen molar-refractivity contribution in [2.75, 3.05) is 0 Å². The van der Waals surface area contributed by atoms with Gasteiger partial charge >= 0.3 is 0 Å². The van der Waals surface area contributed by atoms with Crippen molar-refractivity contribution in [3.63, 3.8) is 0 Å². The van der Waals surface area contributed by atoms with Crippen LogP contribution in [0, 0.1) is 0 Å². The number of fused-ring (bicyclic) bond motifs is 1. The SMILES string of the molecule is O=c1/c(=C/c2cn(-c3ccccc3)nc2-c2cccs2)sc2nc(-c3cccnc3)nn12. The van der Waals surface area contributed by atoms with Crippen molar-refractivity contribution in [2.24, 2.45) is 0 Å². The number of rotatable bonds is 4. The average Bonchev–Trinajstić information content (AvgIpc) is 3.62. The van der Waals surface area contributed by atoms with Crippen LogP contribution in [-0.4, -0.2) is 29.4 Å². The highest BCUT2D eigenvalue weighted by Gasteiger charge is 2.15. The predicted molar refractivity (Wildman–Crippen MR) is 126 cm³/mol. The topological polar surface area (TPSA) is 78.0 Å². The number of benzene rings is 1. The quantitative estimate of drug-likeness (QED) is 0.406. The van der Waals surface area contributed by atoms with Gasteiger partial charge in [0.1, 0.15) is 5.69 Å². The minimum absolute atomic E-state index is 0.197. The molecule has 0 atom stereocenters. The van der Waals surface area contributed by atoms with Crippen molar-refractivity contribution in [2.45, 2.75) is 0 Å². The van der Waals surface area contributed by atoms with Crippen molar-refractivity contribution >= 4 is 33.7 Å². The Kier molecular flexibility index (Phi) is 4.48. The van der Waals surface area contributed by atoms with Gasteiger partial charge in [-0.2, -0.15) is 14.6 Å². The van der Waals surface area contributed by atoms with E-state index in [4.69, 9.17) is 5.10 Å². The Balaban J connectivity index is 1.49. The van der Waals surface area contributed by atoms with Crippen molar-refractivity contribution in [1.29, 1.82) is 0 Å². The van der Waals surface area contributed by atoms with Crippen molar-refractivity contribution in [1.82, 2.24) is 29.4 Å². The molecule has 0 saturated heterocycles. The maximum Gasteiger partial charge on any atom is 0.291 e. The molecule has 0 fully saturated rings. The summed E-state index contributed by atoms with van der Waals surface area (Å²) in [5, 5.41) is 11.2. The van der Waals surface area contributed by atoms with E-state index in [1.165, 1.54) is 15.9 Å². The van der Waals surface area contributed by atoms with E-state index in [2.05, 4.69) is 15.1 Å². The van der Waals surface area contributed by atoms with Gasteiger partial charge in [0.25, 0.3) is 5.56 Å². The number of nitrogens with zero attached hydrogens (tertiary/aromatic N) is 6. The van der Waals surface area contributed by atoms with Gasteiger partial charge in [0.15, 0.2) is 5.82 Å². The average molecular weight is 455 g/mol. The van der Waals surface area contributed by atoms with Gasteiger partial charge in [0, 0.05) is 29.7 Å². The molecule has 0 aliphatic carbocycles. The second kappa shape index (κ2) is 7.63. The van der Waals surface area contributed by atoms with Crippen LogP contribution in [-0.2, 0) is 0 Å². The van der Waals surface area contributed by atoms with E-state index in [-0.39, 0.29) is 5.56 Å². The molecule has 5 aromatic heterocycles. The summed E-state index contributed by atoms with van der Waals surface area (Å²) in [6.45, 7) is 0. The number of hydrogen-bond donors (Lipinski definition) is 0. The molecule has 9 heteroatoms. The third kappa shape index (κ3) is 3.24. The van der Waals surface area contributed by atoms with E-state index < -0.39 is 0 Å². The zero-order chi connectivity index (χ0) is 21.5.